The van der Waals surface area contributed by atoms with Gasteiger partial charge in [0, 0.05) is 30.9 Å². The Morgan fingerprint density at radius 3 is 2.89 bits per heavy atom. The lowest BCUT2D eigenvalue weighted by molar-refractivity contribution is 0.249. The third-order valence-corrected chi connectivity index (χ3v) is 3.66. The Morgan fingerprint density at radius 1 is 1.28 bits per heavy atom. The van der Waals surface area contributed by atoms with E-state index in [9.17, 15) is 0 Å². The molecule has 0 bridgehead atoms. The molecule has 2 aromatic heterocycles. The minimum absolute atomic E-state index is 0.871. The summed E-state index contributed by atoms with van der Waals surface area (Å²) in [6.07, 6.45) is 2.26. The van der Waals surface area contributed by atoms with Crippen molar-refractivity contribution >= 4 is 5.78 Å². The van der Waals surface area contributed by atoms with Crippen LogP contribution < -0.4 is 0 Å². The van der Waals surface area contributed by atoms with Crippen LogP contribution in [-0.2, 0) is 13.0 Å². The second kappa shape index (κ2) is 4.35. The largest absolute Gasteiger partial charge is 0.297 e. The van der Waals surface area contributed by atoms with Crippen molar-refractivity contribution in [3.05, 3.63) is 28.8 Å². The molecule has 96 valence electrons. The molecule has 0 fully saturated rings. The first-order valence-corrected chi connectivity index (χ1v) is 6.76. The lowest BCUT2D eigenvalue weighted by atomic mass is 10.1. The van der Waals surface area contributed by atoms with Crippen LogP contribution >= 0.6 is 0 Å². The zero-order chi connectivity index (χ0) is 12.7. The monoisotopic (exact) mass is 244 g/mol. The highest BCUT2D eigenvalue weighted by Gasteiger charge is 2.22. The van der Waals surface area contributed by atoms with Gasteiger partial charge in [0.15, 0.2) is 0 Å². The molecule has 0 atom stereocenters. The zero-order valence-electron chi connectivity index (χ0n) is 11.4. The molecule has 0 saturated heterocycles. The van der Waals surface area contributed by atoms with E-state index in [4.69, 9.17) is 4.98 Å². The van der Waals surface area contributed by atoms with E-state index in [0.717, 1.165) is 31.0 Å². The van der Waals surface area contributed by atoms with Crippen LogP contribution in [-0.4, -0.2) is 32.4 Å². The molecule has 0 saturated carbocycles. The van der Waals surface area contributed by atoms with Crippen molar-refractivity contribution < 1.29 is 0 Å². The lowest BCUT2D eigenvalue weighted by Gasteiger charge is -2.26. The number of imidazole rings is 1. The maximum Gasteiger partial charge on any atom is 0.234 e. The quantitative estimate of drug-likeness (QED) is 0.811. The van der Waals surface area contributed by atoms with E-state index in [0.29, 0.717) is 0 Å². The van der Waals surface area contributed by atoms with E-state index >= 15 is 0 Å². The number of aromatic nitrogens is 3. The molecule has 0 N–H and O–H groups in total. The van der Waals surface area contributed by atoms with Crippen molar-refractivity contribution in [3.63, 3.8) is 0 Å². The van der Waals surface area contributed by atoms with E-state index < -0.39 is 0 Å². The van der Waals surface area contributed by atoms with Gasteiger partial charge in [0.25, 0.3) is 0 Å². The minimum atomic E-state index is 0.871. The van der Waals surface area contributed by atoms with Crippen molar-refractivity contribution in [2.24, 2.45) is 0 Å². The Kier molecular flexibility index (Phi) is 2.82. The highest BCUT2D eigenvalue weighted by Crippen LogP contribution is 2.21. The number of aryl methyl sites for hydroxylation is 2. The fraction of sp³-hybridized carbons (Fsp3) is 0.571. The van der Waals surface area contributed by atoms with Crippen LogP contribution in [0.5, 0.6) is 0 Å². The lowest BCUT2D eigenvalue weighted by Crippen LogP contribution is -2.31. The number of hydrogen-bond donors (Lipinski definition) is 0. The molecule has 2 aromatic rings. The first-order valence-electron chi connectivity index (χ1n) is 6.76. The summed E-state index contributed by atoms with van der Waals surface area (Å²) >= 11 is 0. The average Bonchev–Trinajstić information content (AvgIpc) is 2.66. The second-order valence-electron chi connectivity index (χ2n) is 5.21. The van der Waals surface area contributed by atoms with Crippen LogP contribution in [0.3, 0.4) is 0 Å². The molecule has 3 heterocycles. The molecule has 18 heavy (non-hydrogen) atoms. The van der Waals surface area contributed by atoms with Crippen molar-refractivity contribution in [1.82, 2.24) is 19.3 Å². The molecule has 3 rings (SSSR count). The van der Waals surface area contributed by atoms with Crippen molar-refractivity contribution in [1.29, 1.82) is 0 Å². The van der Waals surface area contributed by atoms with Gasteiger partial charge in [-0.3, -0.25) is 9.30 Å². The fourth-order valence-corrected chi connectivity index (χ4v) is 2.91. The normalized spacial score (nSPS) is 16.2. The van der Waals surface area contributed by atoms with Crippen LogP contribution in [0.15, 0.2) is 6.07 Å². The highest BCUT2D eigenvalue weighted by molar-refractivity contribution is 5.40. The maximum absolute atomic E-state index is 4.69. The topological polar surface area (TPSA) is 33.4 Å². The van der Waals surface area contributed by atoms with E-state index in [1.807, 2.05) is 6.92 Å². The molecule has 4 heteroatoms. The summed E-state index contributed by atoms with van der Waals surface area (Å²) in [7, 11) is 0. The summed E-state index contributed by atoms with van der Waals surface area (Å²) in [6, 6.07) is 2.13. The maximum atomic E-state index is 4.69. The second-order valence-corrected chi connectivity index (χ2v) is 5.21. The SMILES string of the molecule is CCCN1CCc2nc3nc(C)cc(C)n3c2C1. The number of hydrogen-bond acceptors (Lipinski definition) is 3. The molecule has 0 spiro atoms. The van der Waals surface area contributed by atoms with Gasteiger partial charge >= 0.3 is 0 Å². The van der Waals surface area contributed by atoms with Gasteiger partial charge in [0.1, 0.15) is 0 Å². The van der Waals surface area contributed by atoms with Crippen molar-refractivity contribution in [2.45, 2.75) is 40.2 Å². The standard InChI is InChI=1S/C14H20N4/c1-4-6-17-7-5-12-13(9-17)18-11(3)8-10(2)15-14(18)16-12/h8H,4-7,9H2,1-3H3. The van der Waals surface area contributed by atoms with Crippen molar-refractivity contribution in [3.8, 4) is 0 Å². The Morgan fingerprint density at radius 2 is 2.11 bits per heavy atom. The van der Waals surface area contributed by atoms with Gasteiger partial charge in [-0.05, 0) is 32.9 Å². The summed E-state index contributed by atoms with van der Waals surface area (Å²) in [5.41, 5.74) is 4.87. The average molecular weight is 244 g/mol. The Balaban J connectivity index is 2.10. The van der Waals surface area contributed by atoms with Gasteiger partial charge in [-0.1, -0.05) is 6.92 Å². The predicted octanol–water partition coefficient (Wildman–Crippen LogP) is 2.11. The number of nitrogens with zero attached hydrogens (tertiary/aromatic N) is 4. The summed E-state index contributed by atoms with van der Waals surface area (Å²) in [6.45, 7) is 9.72. The van der Waals surface area contributed by atoms with Gasteiger partial charge < -0.3 is 0 Å². The molecule has 1 aliphatic heterocycles. The van der Waals surface area contributed by atoms with E-state index in [1.165, 1.54) is 30.0 Å². The molecular weight excluding hydrogens is 224 g/mol. The molecule has 4 nitrogen and oxygen atoms in total. The van der Waals surface area contributed by atoms with E-state index in [-0.39, 0.29) is 0 Å². The molecular formula is C14H20N4. The van der Waals surface area contributed by atoms with Gasteiger partial charge in [-0.15, -0.1) is 0 Å². The van der Waals surface area contributed by atoms with Crippen molar-refractivity contribution in [2.75, 3.05) is 13.1 Å². The first kappa shape index (κ1) is 11.7. The number of rotatable bonds is 2. The highest BCUT2D eigenvalue weighted by atomic mass is 15.2. The fourth-order valence-electron chi connectivity index (χ4n) is 2.91. The van der Waals surface area contributed by atoms with E-state index in [1.54, 1.807) is 0 Å². The van der Waals surface area contributed by atoms with E-state index in [2.05, 4.69) is 34.2 Å². The molecule has 0 amide bonds. The third kappa shape index (κ3) is 1.81. The van der Waals surface area contributed by atoms with Gasteiger partial charge in [-0.25, -0.2) is 9.97 Å². The van der Waals surface area contributed by atoms with Gasteiger partial charge in [-0.2, -0.15) is 0 Å². The Labute approximate surface area is 108 Å². The van der Waals surface area contributed by atoms with Gasteiger partial charge in [0.05, 0.1) is 11.4 Å². The molecule has 0 aromatic carbocycles. The minimum Gasteiger partial charge on any atom is -0.297 e. The molecule has 1 aliphatic rings. The van der Waals surface area contributed by atoms with Gasteiger partial charge in [0.2, 0.25) is 5.78 Å². The zero-order valence-corrected chi connectivity index (χ0v) is 11.4. The van der Waals surface area contributed by atoms with Crippen LogP contribution in [0, 0.1) is 13.8 Å². The molecule has 0 aliphatic carbocycles. The Bertz CT molecular complexity index is 585. The first-order chi connectivity index (χ1) is 8.69. The predicted molar refractivity (Wildman–Crippen MR) is 71.7 cm³/mol. The third-order valence-electron chi connectivity index (χ3n) is 3.66. The molecule has 0 radical (unpaired) electrons. The smallest absolute Gasteiger partial charge is 0.234 e. The summed E-state index contributed by atoms with van der Waals surface area (Å²) in [5, 5.41) is 0. The van der Waals surface area contributed by atoms with Crippen LogP contribution in [0.2, 0.25) is 0 Å². The van der Waals surface area contributed by atoms with Crippen LogP contribution in [0.4, 0.5) is 0 Å². The number of fused-ring (bicyclic) bond motifs is 3. The molecule has 0 unspecified atom stereocenters. The van der Waals surface area contributed by atoms with Crippen LogP contribution in [0.1, 0.15) is 36.1 Å². The summed E-state index contributed by atoms with van der Waals surface area (Å²) < 4.78 is 2.23. The van der Waals surface area contributed by atoms with Crippen LogP contribution in [0.25, 0.3) is 5.78 Å². The summed E-state index contributed by atoms with van der Waals surface area (Å²) in [5.74, 6) is 0.871. The Hall–Kier alpha value is -1.42. The summed E-state index contributed by atoms with van der Waals surface area (Å²) in [4.78, 5) is 11.8.